The maximum absolute atomic E-state index is 7.02. The second-order valence-electron chi connectivity index (χ2n) is 11.3. The molecule has 208 valence electrons. The minimum Gasteiger partial charge on any atom is -0.370 e. The van der Waals surface area contributed by atoms with Gasteiger partial charge in [0.15, 0.2) is 10.2 Å². The van der Waals surface area contributed by atoms with Crippen LogP contribution in [-0.4, -0.2) is 32.7 Å². The lowest BCUT2D eigenvalue weighted by atomic mass is 9.91. The van der Waals surface area contributed by atoms with Crippen molar-refractivity contribution in [1.82, 2.24) is 19.9 Å². The van der Waals surface area contributed by atoms with Crippen molar-refractivity contribution >= 4 is 61.9 Å². The van der Waals surface area contributed by atoms with Crippen LogP contribution >= 0.6 is 35.2 Å². The average molecular weight is 599 g/mol. The lowest BCUT2D eigenvalue weighted by molar-refractivity contribution is 0.357. The van der Waals surface area contributed by atoms with Crippen LogP contribution in [0.25, 0.3) is 15.3 Å². The van der Waals surface area contributed by atoms with E-state index in [2.05, 4.69) is 94.3 Å². The van der Waals surface area contributed by atoms with Gasteiger partial charge in [-0.05, 0) is 85.1 Å². The molecule has 0 bridgehead atoms. The Balaban J connectivity index is 1.31. The van der Waals surface area contributed by atoms with Crippen molar-refractivity contribution in [2.75, 3.05) is 22.9 Å². The van der Waals surface area contributed by atoms with Gasteiger partial charge in [0.25, 0.3) is 0 Å². The number of halogens is 1. The number of fused-ring (bicyclic) bond motifs is 1. The summed E-state index contributed by atoms with van der Waals surface area (Å²) < 4.78 is 3.34. The molecule has 4 atom stereocenters. The molecule has 2 aliphatic heterocycles. The Bertz CT molecular complexity index is 1670. The highest BCUT2D eigenvalue weighted by Gasteiger charge is 2.42. The van der Waals surface area contributed by atoms with Gasteiger partial charge < -0.3 is 15.1 Å². The van der Waals surface area contributed by atoms with Crippen molar-refractivity contribution in [1.29, 1.82) is 0 Å². The van der Waals surface area contributed by atoms with Crippen molar-refractivity contribution in [3.05, 3.63) is 102 Å². The molecule has 41 heavy (non-hydrogen) atoms. The van der Waals surface area contributed by atoms with Crippen LogP contribution in [-0.2, 0) is 0 Å². The lowest BCUT2D eigenvalue weighted by Gasteiger charge is -2.37. The fraction of sp³-hybridized carbons (Fsp3) is 0.281. The fourth-order valence-corrected chi connectivity index (χ4v) is 8.08. The monoisotopic (exact) mass is 598 g/mol. The van der Waals surface area contributed by atoms with E-state index in [4.69, 9.17) is 33.8 Å². The van der Waals surface area contributed by atoms with Crippen LogP contribution in [0.5, 0.6) is 0 Å². The average Bonchev–Trinajstić information content (AvgIpc) is 3.69. The molecule has 9 heteroatoms. The first-order valence-electron chi connectivity index (χ1n) is 14.0. The molecular formula is C32H31ClN6S2. The summed E-state index contributed by atoms with van der Waals surface area (Å²) in [6, 6.07) is 24.5. The van der Waals surface area contributed by atoms with Crippen LogP contribution in [0.2, 0.25) is 5.02 Å². The summed E-state index contributed by atoms with van der Waals surface area (Å²) in [4.78, 5) is 14.3. The van der Waals surface area contributed by atoms with Crippen LogP contribution < -0.4 is 15.1 Å². The first-order valence-corrected chi connectivity index (χ1v) is 15.6. The minimum absolute atomic E-state index is 0.158. The number of rotatable bonds is 5. The van der Waals surface area contributed by atoms with Gasteiger partial charge in [0.1, 0.15) is 6.04 Å². The summed E-state index contributed by atoms with van der Waals surface area (Å²) in [6.45, 7) is 6.69. The zero-order valence-electron chi connectivity index (χ0n) is 22.9. The molecule has 0 radical (unpaired) electrons. The van der Waals surface area contributed by atoms with E-state index in [1.54, 1.807) is 11.3 Å². The number of hydrogen-bond donors (Lipinski definition) is 1. The molecule has 2 saturated heterocycles. The van der Waals surface area contributed by atoms with Crippen LogP contribution in [0.1, 0.15) is 43.7 Å². The minimum atomic E-state index is -0.170. The number of pyridine rings is 1. The van der Waals surface area contributed by atoms with Crippen molar-refractivity contribution in [3.8, 4) is 5.13 Å². The molecule has 3 aromatic heterocycles. The summed E-state index contributed by atoms with van der Waals surface area (Å²) in [5, 5.41) is 5.89. The SMILES string of the molecule is C[C@@H]1C[C@H](C)CN(c2ccc(N3C(=S)N[C@H](c4ccccn4)[C@H]3c3cccn3-c3nc4ccccc4s3)cc2Cl)C1. The van der Waals surface area contributed by atoms with Gasteiger partial charge in [-0.25, -0.2) is 4.98 Å². The van der Waals surface area contributed by atoms with Crippen LogP contribution in [0, 0.1) is 11.8 Å². The van der Waals surface area contributed by atoms with Gasteiger partial charge in [0.2, 0.25) is 0 Å². The standard InChI is InChI=1S/C32H31ClN6S2/c1-20-16-21(2)19-37(18-20)26-13-12-22(17-23(26)33)39-30(29(36-31(39)40)25-9-5-6-14-34-25)27-10-7-15-38(27)32-35-24-8-3-4-11-28(24)41-32/h3-15,17,20-21,29-30H,16,18-19H2,1-2H3,(H,36,40)/t20-,21+,29-,30-/m1/s1. The van der Waals surface area contributed by atoms with E-state index in [1.807, 2.05) is 24.4 Å². The van der Waals surface area contributed by atoms with Crippen molar-refractivity contribution < 1.29 is 0 Å². The van der Waals surface area contributed by atoms with E-state index < -0.39 is 0 Å². The molecule has 0 aliphatic carbocycles. The molecule has 2 fully saturated rings. The topological polar surface area (TPSA) is 49.2 Å². The van der Waals surface area contributed by atoms with E-state index >= 15 is 0 Å². The Morgan fingerprint density at radius 3 is 2.54 bits per heavy atom. The largest absolute Gasteiger partial charge is 0.370 e. The number of aromatic nitrogens is 3. The Labute approximate surface area is 254 Å². The van der Waals surface area contributed by atoms with E-state index in [1.165, 1.54) is 6.42 Å². The highest BCUT2D eigenvalue weighted by Crippen LogP contribution is 2.44. The maximum atomic E-state index is 7.02. The number of para-hydroxylation sites is 1. The van der Waals surface area contributed by atoms with Crippen LogP contribution in [0.15, 0.2) is 85.2 Å². The van der Waals surface area contributed by atoms with Gasteiger partial charge >= 0.3 is 0 Å². The van der Waals surface area contributed by atoms with Gasteiger partial charge in [-0.3, -0.25) is 9.55 Å². The van der Waals surface area contributed by atoms with Gasteiger partial charge in [0, 0.05) is 31.2 Å². The first kappa shape index (κ1) is 26.4. The molecular weight excluding hydrogens is 568 g/mol. The molecule has 6 nitrogen and oxygen atoms in total. The second-order valence-corrected chi connectivity index (χ2v) is 13.1. The third-order valence-electron chi connectivity index (χ3n) is 8.09. The number of nitrogens with one attached hydrogen (secondary N) is 1. The number of thiocarbonyl (C=S) groups is 1. The number of nitrogens with zero attached hydrogens (tertiary/aromatic N) is 5. The van der Waals surface area contributed by atoms with Crippen molar-refractivity contribution in [2.45, 2.75) is 32.4 Å². The number of anilines is 2. The van der Waals surface area contributed by atoms with Crippen LogP contribution in [0.4, 0.5) is 11.4 Å². The Kier molecular flexibility index (Phi) is 6.93. The Morgan fingerprint density at radius 1 is 0.976 bits per heavy atom. The molecule has 0 saturated carbocycles. The molecule has 5 aromatic rings. The predicted octanol–water partition coefficient (Wildman–Crippen LogP) is 7.79. The zero-order chi connectivity index (χ0) is 28.1. The van der Waals surface area contributed by atoms with E-state index in [-0.39, 0.29) is 12.1 Å². The summed E-state index contributed by atoms with van der Waals surface area (Å²) in [5.74, 6) is 1.28. The van der Waals surface area contributed by atoms with E-state index in [0.29, 0.717) is 16.9 Å². The number of benzene rings is 2. The molecule has 1 N–H and O–H groups in total. The normalized spacial score (nSPS) is 22.9. The molecule has 2 aromatic carbocycles. The Morgan fingerprint density at radius 2 is 1.78 bits per heavy atom. The second kappa shape index (κ2) is 10.7. The lowest BCUT2D eigenvalue weighted by Crippen LogP contribution is -2.38. The smallest absolute Gasteiger partial charge is 0.194 e. The molecule has 2 aliphatic rings. The first-order chi connectivity index (χ1) is 20.0. The molecule has 0 amide bonds. The van der Waals surface area contributed by atoms with Crippen LogP contribution in [0.3, 0.4) is 0 Å². The van der Waals surface area contributed by atoms with E-state index in [0.717, 1.165) is 56.2 Å². The molecule has 5 heterocycles. The quantitative estimate of drug-likeness (QED) is 0.208. The maximum Gasteiger partial charge on any atom is 0.194 e. The highest BCUT2D eigenvalue weighted by atomic mass is 35.5. The van der Waals surface area contributed by atoms with E-state index in [9.17, 15) is 0 Å². The van der Waals surface area contributed by atoms with Gasteiger partial charge in [-0.15, -0.1) is 0 Å². The third kappa shape index (κ3) is 4.88. The van der Waals surface area contributed by atoms with Crippen molar-refractivity contribution in [3.63, 3.8) is 0 Å². The van der Waals surface area contributed by atoms with Crippen molar-refractivity contribution in [2.24, 2.45) is 11.8 Å². The molecule has 0 spiro atoms. The van der Waals surface area contributed by atoms with Gasteiger partial charge in [-0.1, -0.05) is 55.0 Å². The summed E-state index contributed by atoms with van der Waals surface area (Å²) in [6.07, 6.45) is 5.17. The predicted molar refractivity (Wildman–Crippen MR) is 173 cm³/mol. The number of thiazole rings is 1. The Hall–Kier alpha value is -3.46. The third-order valence-corrected chi connectivity index (χ3v) is 9.74. The molecule has 7 rings (SSSR count). The summed E-state index contributed by atoms with van der Waals surface area (Å²) in [7, 11) is 0. The number of piperidine rings is 1. The summed E-state index contributed by atoms with van der Waals surface area (Å²) in [5.41, 5.74) is 5.04. The van der Waals surface area contributed by atoms with Gasteiger partial charge in [-0.2, -0.15) is 0 Å². The molecule has 0 unspecified atom stereocenters. The zero-order valence-corrected chi connectivity index (χ0v) is 25.3. The fourth-order valence-electron chi connectivity index (χ4n) is 6.47. The van der Waals surface area contributed by atoms with Gasteiger partial charge in [0.05, 0.1) is 38.4 Å². The summed E-state index contributed by atoms with van der Waals surface area (Å²) >= 11 is 14.7. The highest BCUT2D eigenvalue weighted by molar-refractivity contribution is 7.80. The number of hydrogen-bond acceptors (Lipinski definition) is 5.